The van der Waals surface area contributed by atoms with E-state index in [9.17, 15) is 18.4 Å². The zero-order valence-corrected chi connectivity index (χ0v) is 18.1. The monoisotopic (exact) mass is 431 g/mol. The van der Waals surface area contributed by atoms with Crippen molar-refractivity contribution in [2.75, 3.05) is 13.7 Å². The number of halogens is 2. The van der Waals surface area contributed by atoms with Crippen molar-refractivity contribution >= 4 is 12.0 Å². The fourth-order valence-electron chi connectivity index (χ4n) is 3.04. The molecular formula is C23H27F2N3O3. The Balaban J connectivity index is 2.17. The summed E-state index contributed by atoms with van der Waals surface area (Å²) in [5.41, 5.74) is 4.37. The van der Waals surface area contributed by atoms with Gasteiger partial charge in [0.25, 0.3) is 0 Å². The average Bonchev–Trinajstić information content (AvgIpc) is 2.75. The highest BCUT2D eigenvalue weighted by Gasteiger charge is 2.19. The molecule has 2 rings (SSSR count). The van der Waals surface area contributed by atoms with Gasteiger partial charge in [0, 0.05) is 24.4 Å². The Morgan fingerprint density at radius 3 is 2.48 bits per heavy atom. The molecule has 0 bridgehead atoms. The predicted octanol–water partition coefficient (Wildman–Crippen LogP) is 4.77. The second kappa shape index (κ2) is 11.1. The minimum atomic E-state index is -0.843. The standard InChI is InChI=1S/C23H27F2N3O3/c1-5-8-15(3)27-28(6-2)23(30)26-14-17-12-11-16(13-20(17)25)18-9-7-10-19(24)21(18)22(29)31-4/h7-13,27H,5-6,14H2,1-4H3,(H,26,30)/b15-8-. The second-order valence-electron chi connectivity index (χ2n) is 6.77. The van der Waals surface area contributed by atoms with E-state index in [1.54, 1.807) is 6.07 Å². The van der Waals surface area contributed by atoms with Crippen LogP contribution in [0.25, 0.3) is 11.1 Å². The Morgan fingerprint density at radius 1 is 1.13 bits per heavy atom. The number of hydrogen-bond donors (Lipinski definition) is 2. The van der Waals surface area contributed by atoms with Crippen molar-refractivity contribution in [1.82, 2.24) is 15.8 Å². The van der Waals surface area contributed by atoms with E-state index < -0.39 is 23.6 Å². The SMILES string of the molecule is CC/C=C(/C)NN(CC)C(=O)NCc1ccc(-c2cccc(F)c2C(=O)OC)cc1F. The molecule has 2 amide bonds. The number of allylic oxidation sites excluding steroid dienone is 2. The van der Waals surface area contributed by atoms with Crippen LogP contribution in [0, 0.1) is 11.6 Å². The van der Waals surface area contributed by atoms with Gasteiger partial charge in [-0.1, -0.05) is 37.3 Å². The largest absolute Gasteiger partial charge is 0.465 e. The minimum absolute atomic E-state index is 0.0350. The van der Waals surface area contributed by atoms with Crippen LogP contribution in [-0.4, -0.2) is 30.7 Å². The van der Waals surface area contributed by atoms with Gasteiger partial charge in [-0.15, -0.1) is 0 Å². The van der Waals surface area contributed by atoms with Gasteiger partial charge in [0.2, 0.25) is 0 Å². The number of ether oxygens (including phenoxy) is 1. The lowest BCUT2D eigenvalue weighted by Gasteiger charge is -2.23. The summed E-state index contributed by atoms with van der Waals surface area (Å²) in [6.07, 6.45) is 2.78. The molecular weight excluding hydrogens is 404 g/mol. The Hall–Kier alpha value is -3.42. The first kappa shape index (κ1) is 23.9. The highest BCUT2D eigenvalue weighted by molar-refractivity contribution is 5.97. The summed E-state index contributed by atoms with van der Waals surface area (Å²) in [6.45, 7) is 6.04. The van der Waals surface area contributed by atoms with Crippen molar-refractivity contribution in [2.45, 2.75) is 33.7 Å². The molecule has 0 aliphatic heterocycles. The van der Waals surface area contributed by atoms with E-state index in [1.165, 1.54) is 29.3 Å². The van der Waals surface area contributed by atoms with Crippen LogP contribution in [-0.2, 0) is 11.3 Å². The van der Waals surface area contributed by atoms with Gasteiger partial charge in [-0.05, 0) is 43.5 Å². The molecule has 166 valence electrons. The van der Waals surface area contributed by atoms with E-state index in [-0.39, 0.29) is 23.2 Å². The third-order valence-electron chi connectivity index (χ3n) is 4.58. The number of methoxy groups -OCH3 is 1. The van der Waals surface area contributed by atoms with Gasteiger partial charge < -0.3 is 10.1 Å². The van der Waals surface area contributed by atoms with Gasteiger partial charge in [-0.3, -0.25) is 5.43 Å². The molecule has 31 heavy (non-hydrogen) atoms. The number of urea groups is 1. The van der Waals surface area contributed by atoms with Crippen LogP contribution in [0.4, 0.5) is 13.6 Å². The molecule has 0 aliphatic carbocycles. The molecule has 2 aromatic carbocycles. The van der Waals surface area contributed by atoms with E-state index in [4.69, 9.17) is 0 Å². The number of carbonyl (C=O) groups is 2. The van der Waals surface area contributed by atoms with E-state index in [0.29, 0.717) is 12.1 Å². The Kier molecular flexibility index (Phi) is 8.54. The molecule has 0 saturated carbocycles. The molecule has 0 atom stereocenters. The first-order valence-electron chi connectivity index (χ1n) is 9.96. The van der Waals surface area contributed by atoms with Crippen LogP contribution in [0.5, 0.6) is 0 Å². The maximum absolute atomic E-state index is 14.7. The molecule has 0 saturated heterocycles. The molecule has 0 heterocycles. The third-order valence-corrected chi connectivity index (χ3v) is 4.58. The lowest BCUT2D eigenvalue weighted by atomic mass is 9.98. The van der Waals surface area contributed by atoms with Crippen molar-refractivity contribution in [3.05, 3.63) is 70.9 Å². The molecule has 6 nitrogen and oxygen atoms in total. The van der Waals surface area contributed by atoms with Crippen molar-refractivity contribution < 1.29 is 23.1 Å². The smallest absolute Gasteiger partial charge is 0.341 e. The maximum atomic E-state index is 14.7. The lowest BCUT2D eigenvalue weighted by molar-refractivity contribution is 0.0596. The van der Waals surface area contributed by atoms with Crippen LogP contribution in [0.1, 0.15) is 43.1 Å². The highest BCUT2D eigenvalue weighted by Crippen LogP contribution is 2.28. The summed E-state index contributed by atoms with van der Waals surface area (Å²) in [4.78, 5) is 24.3. The maximum Gasteiger partial charge on any atom is 0.341 e. The van der Waals surface area contributed by atoms with Crippen molar-refractivity contribution in [3.63, 3.8) is 0 Å². The number of amides is 2. The molecule has 0 aliphatic rings. The Bertz CT molecular complexity index is 977. The molecule has 0 aromatic heterocycles. The average molecular weight is 431 g/mol. The molecule has 0 fully saturated rings. The molecule has 8 heteroatoms. The van der Waals surface area contributed by atoms with E-state index in [1.807, 2.05) is 26.8 Å². The van der Waals surface area contributed by atoms with Gasteiger partial charge in [0.15, 0.2) is 0 Å². The fourth-order valence-corrected chi connectivity index (χ4v) is 3.04. The summed E-state index contributed by atoms with van der Waals surface area (Å²) < 4.78 is 33.5. The number of hydrogen-bond acceptors (Lipinski definition) is 4. The number of hydrazine groups is 1. The zero-order valence-electron chi connectivity index (χ0n) is 18.1. The Labute approximate surface area is 180 Å². The van der Waals surface area contributed by atoms with Crippen LogP contribution in [0.15, 0.2) is 48.2 Å². The van der Waals surface area contributed by atoms with Crippen LogP contribution in [0.2, 0.25) is 0 Å². The normalized spacial score (nSPS) is 11.1. The second-order valence-corrected chi connectivity index (χ2v) is 6.77. The lowest BCUT2D eigenvalue weighted by Crippen LogP contribution is -2.47. The first-order valence-corrected chi connectivity index (χ1v) is 9.96. The molecule has 0 spiro atoms. The van der Waals surface area contributed by atoms with E-state index in [2.05, 4.69) is 15.5 Å². The highest BCUT2D eigenvalue weighted by atomic mass is 19.1. The number of nitrogens with zero attached hydrogens (tertiary/aromatic N) is 1. The van der Waals surface area contributed by atoms with Crippen molar-refractivity contribution in [2.24, 2.45) is 0 Å². The number of esters is 1. The number of benzene rings is 2. The van der Waals surface area contributed by atoms with Gasteiger partial charge in [0.1, 0.15) is 17.2 Å². The van der Waals surface area contributed by atoms with Crippen molar-refractivity contribution in [1.29, 1.82) is 0 Å². The van der Waals surface area contributed by atoms with Crippen LogP contribution in [0.3, 0.4) is 0 Å². The fraction of sp³-hybridized carbons (Fsp3) is 0.304. The summed E-state index contributed by atoms with van der Waals surface area (Å²) in [7, 11) is 1.15. The third kappa shape index (κ3) is 6.04. The number of nitrogens with one attached hydrogen (secondary N) is 2. The quantitative estimate of drug-likeness (QED) is 0.467. The number of rotatable bonds is 8. The number of carbonyl (C=O) groups excluding carboxylic acids is 2. The predicted molar refractivity (Wildman–Crippen MR) is 115 cm³/mol. The first-order chi connectivity index (χ1) is 14.8. The van der Waals surface area contributed by atoms with Gasteiger partial charge in [-0.25, -0.2) is 23.4 Å². The summed E-state index contributed by atoms with van der Waals surface area (Å²) in [6, 6.07) is 7.95. The minimum Gasteiger partial charge on any atom is -0.465 e. The topological polar surface area (TPSA) is 70.7 Å². The Morgan fingerprint density at radius 2 is 1.87 bits per heavy atom. The van der Waals surface area contributed by atoms with Crippen molar-refractivity contribution in [3.8, 4) is 11.1 Å². The van der Waals surface area contributed by atoms with E-state index in [0.717, 1.165) is 25.3 Å². The zero-order chi connectivity index (χ0) is 23.0. The van der Waals surface area contributed by atoms with Crippen LogP contribution < -0.4 is 10.7 Å². The molecule has 2 aromatic rings. The van der Waals surface area contributed by atoms with E-state index >= 15 is 0 Å². The summed E-state index contributed by atoms with van der Waals surface area (Å²) in [5, 5.41) is 4.06. The van der Waals surface area contributed by atoms with Gasteiger partial charge in [-0.2, -0.15) is 0 Å². The molecule has 0 unspecified atom stereocenters. The van der Waals surface area contributed by atoms with Gasteiger partial charge >= 0.3 is 12.0 Å². The summed E-state index contributed by atoms with van der Waals surface area (Å²) in [5.74, 6) is -2.18. The molecule has 0 radical (unpaired) electrons. The van der Waals surface area contributed by atoms with Gasteiger partial charge in [0.05, 0.1) is 7.11 Å². The van der Waals surface area contributed by atoms with Crippen LogP contribution >= 0.6 is 0 Å². The molecule has 2 N–H and O–H groups in total. The summed E-state index contributed by atoms with van der Waals surface area (Å²) >= 11 is 0.